The van der Waals surface area contributed by atoms with E-state index < -0.39 is 0 Å². The van der Waals surface area contributed by atoms with Gasteiger partial charge in [0.25, 0.3) is 0 Å². The molecule has 0 saturated heterocycles. The molecule has 5 heteroatoms. The molecule has 0 fully saturated rings. The molecule has 130 valence electrons. The molecule has 0 saturated carbocycles. The molecular weight excluding hydrogens is 318 g/mol. The molecule has 2 rings (SSSR count). The fourth-order valence-corrected chi connectivity index (χ4v) is 3.22. The van der Waals surface area contributed by atoms with Gasteiger partial charge in [-0.25, -0.2) is 4.99 Å². The summed E-state index contributed by atoms with van der Waals surface area (Å²) < 4.78 is 5.26. The van der Waals surface area contributed by atoms with E-state index in [0.717, 1.165) is 19.0 Å². The number of guanidine groups is 1. The molecule has 1 aromatic carbocycles. The van der Waals surface area contributed by atoms with E-state index in [1.54, 1.807) is 18.4 Å². The van der Waals surface area contributed by atoms with Gasteiger partial charge in [-0.05, 0) is 29.5 Å². The van der Waals surface area contributed by atoms with Crippen LogP contribution in [-0.4, -0.2) is 26.2 Å². The summed E-state index contributed by atoms with van der Waals surface area (Å²) in [7, 11) is 1.72. The summed E-state index contributed by atoms with van der Waals surface area (Å²) in [5.41, 5.74) is 2.38. The van der Waals surface area contributed by atoms with Crippen molar-refractivity contribution in [2.45, 2.75) is 32.9 Å². The second-order valence-electron chi connectivity index (χ2n) is 5.69. The molecule has 0 aliphatic rings. The van der Waals surface area contributed by atoms with Gasteiger partial charge < -0.3 is 15.4 Å². The Balaban J connectivity index is 1.97. The van der Waals surface area contributed by atoms with Crippen LogP contribution in [0.4, 0.5) is 0 Å². The summed E-state index contributed by atoms with van der Waals surface area (Å²) >= 11 is 1.80. The largest absolute Gasteiger partial charge is 0.380 e. The van der Waals surface area contributed by atoms with Gasteiger partial charge in [0.15, 0.2) is 5.96 Å². The number of aliphatic imine (C=N–C) groups is 1. The molecule has 0 amide bonds. The van der Waals surface area contributed by atoms with Crippen molar-refractivity contribution >= 4 is 17.3 Å². The monoisotopic (exact) mass is 345 g/mol. The average Bonchev–Trinajstić information content (AvgIpc) is 3.13. The van der Waals surface area contributed by atoms with Crippen molar-refractivity contribution in [3.05, 3.63) is 57.8 Å². The van der Waals surface area contributed by atoms with Crippen LogP contribution in [0.25, 0.3) is 0 Å². The maximum absolute atomic E-state index is 5.26. The molecule has 24 heavy (non-hydrogen) atoms. The highest BCUT2D eigenvalue weighted by atomic mass is 32.1. The first-order valence-electron chi connectivity index (χ1n) is 8.35. The Morgan fingerprint density at radius 3 is 2.62 bits per heavy atom. The standard InChI is InChI=1S/C19H27N3OS/c1-4-20-19(21-12-15(2)18-10-7-11-24-18)22-13-16-8-5-6-9-17(16)14-23-3/h5-11,15H,4,12-14H2,1-3H3,(H2,20,21,22). The zero-order chi connectivity index (χ0) is 17.2. The number of ether oxygens (including phenoxy) is 1. The molecular formula is C19H27N3OS. The summed E-state index contributed by atoms with van der Waals surface area (Å²) in [5, 5.41) is 8.88. The van der Waals surface area contributed by atoms with Gasteiger partial charge in [-0.2, -0.15) is 0 Å². The number of hydrogen-bond donors (Lipinski definition) is 2. The second-order valence-corrected chi connectivity index (χ2v) is 6.67. The maximum atomic E-state index is 5.26. The molecule has 0 radical (unpaired) electrons. The number of thiophene rings is 1. The number of nitrogens with one attached hydrogen (secondary N) is 2. The first-order chi connectivity index (χ1) is 11.7. The smallest absolute Gasteiger partial charge is 0.191 e. The average molecular weight is 346 g/mol. The Bertz CT molecular complexity index is 625. The van der Waals surface area contributed by atoms with Crippen LogP contribution in [0.2, 0.25) is 0 Å². The predicted molar refractivity (Wildman–Crippen MR) is 103 cm³/mol. The highest BCUT2D eigenvalue weighted by Gasteiger charge is 2.08. The van der Waals surface area contributed by atoms with Gasteiger partial charge in [-0.15, -0.1) is 11.3 Å². The minimum absolute atomic E-state index is 0.467. The fourth-order valence-electron chi connectivity index (χ4n) is 2.44. The third kappa shape index (κ3) is 5.65. The van der Waals surface area contributed by atoms with Crippen LogP contribution in [0.3, 0.4) is 0 Å². The molecule has 1 heterocycles. The van der Waals surface area contributed by atoms with Crippen molar-refractivity contribution in [3.63, 3.8) is 0 Å². The Morgan fingerprint density at radius 1 is 1.17 bits per heavy atom. The van der Waals surface area contributed by atoms with Crippen molar-refractivity contribution in [2.24, 2.45) is 4.99 Å². The third-order valence-electron chi connectivity index (χ3n) is 3.77. The van der Waals surface area contributed by atoms with E-state index in [1.807, 2.05) is 12.1 Å². The van der Waals surface area contributed by atoms with Gasteiger partial charge in [0.1, 0.15) is 0 Å². The molecule has 2 N–H and O–H groups in total. The molecule has 0 spiro atoms. The van der Waals surface area contributed by atoms with E-state index in [2.05, 4.69) is 54.1 Å². The first kappa shape index (κ1) is 18.5. The lowest BCUT2D eigenvalue weighted by Crippen LogP contribution is -2.39. The Morgan fingerprint density at radius 2 is 1.96 bits per heavy atom. The van der Waals surface area contributed by atoms with Crippen molar-refractivity contribution in [1.29, 1.82) is 0 Å². The van der Waals surface area contributed by atoms with Crippen molar-refractivity contribution < 1.29 is 4.74 Å². The quantitative estimate of drug-likeness (QED) is 0.566. The lowest BCUT2D eigenvalue weighted by atomic mass is 10.1. The predicted octanol–water partition coefficient (Wildman–Crippen LogP) is 3.75. The molecule has 1 atom stereocenters. The van der Waals surface area contributed by atoms with E-state index in [4.69, 9.17) is 9.73 Å². The maximum Gasteiger partial charge on any atom is 0.191 e. The van der Waals surface area contributed by atoms with Crippen LogP contribution in [-0.2, 0) is 17.9 Å². The summed E-state index contributed by atoms with van der Waals surface area (Å²) in [6.07, 6.45) is 0. The zero-order valence-corrected chi connectivity index (χ0v) is 15.5. The molecule has 0 aliphatic heterocycles. The zero-order valence-electron chi connectivity index (χ0n) is 14.7. The van der Waals surface area contributed by atoms with Gasteiger partial charge >= 0.3 is 0 Å². The Labute approximate surface area is 149 Å². The summed E-state index contributed by atoms with van der Waals surface area (Å²) in [5.74, 6) is 1.32. The minimum atomic E-state index is 0.467. The molecule has 2 aromatic rings. The second kappa shape index (κ2) is 10.1. The normalized spacial score (nSPS) is 12.9. The van der Waals surface area contributed by atoms with Crippen molar-refractivity contribution in [1.82, 2.24) is 10.6 Å². The number of benzene rings is 1. The Kier molecular flexibility index (Phi) is 7.79. The number of nitrogens with zero attached hydrogens (tertiary/aromatic N) is 1. The van der Waals surface area contributed by atoms with Gasteiger partial charge in [0, 0.05) is 31.0 Å². The van der Waals surface area contributed by atoms with E-state index in [-0.39, 0.29) is 0 Å². The number of rotatable bonds is 8. The van der Waals surface area contributed by atoms with Crippen LogP contribution in [0.1, 0.15) is 35.8 Å². The van der Waals surface area contributed by atoms with Crippen molar-refractivity contribution in [2.75, 3.05) is 20.2 Å². The van der Waals surface area contributed by atoms with Crippen LogP contribution in [0.5, 0.6) is 0 Å². The highest BCUT2D eigenvalue weighted by Crippen LogP contribution is 2.19. The van der Waals surface area contributed by atoms with Crippen molar-refractivity contribution in [3.8, 4) is 0 Å². The lowest BCUT2D eigenvalue weighted by Gasteiger charge is -2.15. The lowest BCUT2D eigenvalue weighted by molar-refractivity contribution is 0.184. The van der Waals surface area contributed by atoms with Gasteiger partial charge in [-0.1, -0.05) is 37.3 Å². The van der Waals surface area contributed by atoms with Gasteiger partial charge in [-0.3, -0.25) is 0 Å². The molecule has 1 unspecified atom stereocenters. The molecule has 1 aromatic heterocycles. The highest BCUT2D eigenvalue weighted by molar-refractivity contribution is 7.10. The van der Waals surface area contributed by atoms with Crippen LogP contribution in [0, 0.1) is 0 Å². The minimum Gasteiger partial charge on any atom is -0.380 e. The van der Waals surface area contributed by atoms with E-state index in [1.165, 1.54) is 16.0 Å². The molecule has 4 nitrogen and oxygen atoms in total. The summed E-state index contributed by atoms with van der Waals surface area (Å²) in [4.78, 5) is 6.11. The van der Waals surface area contributed by atoms with Gasteiger partial charge in [0.2, 0.25) is 0 Å². The summed E-state index contributed by atoms with van der Waals surface area (Å²) in [6, 6.07) is 12.6. The van der Waals surface area contributed by atoms with Crippen LogP contribution in [0.15, 0.2) is 46.8 Å². The SMILES string of the molecule is CCNC(=NCc1ccccc1COC)NCC(C)c1cccs1. The van der Waals surface area contributed by atoms with Gasteiger partial charge in [0.05, 0.1) is 13.2 Å². The van der Waals surface area contributed by atoms with E-state index in [0.29, 0.717) is 19.1 Å². The number of hydrogen-bond acceptors (Lipinski definition) is 3. The van der Waals surface area contributed by atoms with Crippen LogP contribution < -0.4 is 10.6 Å². The van der Waals surface area contributed by atoms with Crippen LogP contribution >= 0.6 is 11.3 Å². The molecule has 0 aliphatic carbocycles. The topological polar surface area (TPSA) is 45.7 Å². The first-order valence-corrected chi connectivity index (χ1v) is 9.23. The summed E-state index contributed by atoms with van der Waals surface area (Å²) in [6.45, 7) is 7.29. The van der Waals surface area contributed by atoms with E-state index >= 15 is 0 Å². The fraction of sp³-hybridized carbons (Fsp3) is 0.421. The third-order valence-corrected chi connectivity index (χ3v) is 4.88. The Hall–Kier alpha value is -1.85. The number of methoxy groups -OCH3 is 1. The van der Waals surface area contributed by atoms with E-state index in [9.17, 15) is 0 Å². The molecule has 0 bridgehead atoms.